The summed E-state index contributed by atoms with van der Waals surface area (Å²) in [6.07, 6.45) is 6.60. The first-order valence-corrected chi connectivity index (χ1v) is 12.6. The van der Waals surface area contributed by atoms with Crippen molar-refractivity contribution in [2.75, 3.05) is 11.9 Å². The minimum Gasteiger partial charge on any atom is -0.444 e. The average molecular weight is 544 g/mol. The third kappa shape index (κ3) is 4.49. The fourth-order valence-corrected chi connectivity index (χ4v) is 5.66. The van der Waals surface area contributed by atoms with Crippen LogP contribution in [0, 0.1) is 5.41 Å². The van der Waals surface area contributed by atoms with Crippen LogP contribution in [0.4, 0.5) is 10.6 Å². The normalized spacial score (nSPS) is 29.1. The second kappa shape index (κ2) is 8.44. The van der Waals surface area contributed by atoms with Crippen molar-refractivity contribution in [1.82, 2.24) is 19.7 Å². The molecule has 1 aliphatic carbocycles. The number of likely N-dealkylation sites (tertiary alicyclic amines) is 1. The molecule has 2 fully saturated rings. The van der Waals surface area contributed by atoms with Crippen molar-refractivity contribution < 1.29 is 19.1 Å². The summed E-state index contributed by atoms with van der Waals surface area (Å²) in [6, 6.07) is 4.93. The monoisotopic (exact) mass is 543 g/mol. The fourth-order valence-electron chi connectivity index (χ4n) is 5.35. The maximum atomic E-state index is 13.7. The summed E-state index contributed by atoms with van der Waals surface area (Å²) in [5.41, 5.74) is 0.126. The topological polar surface area (TPSA) is 98.6 Å². The van der Waals surface area contributed by atoms with Crippen LogP contribution in [-0.4, -0.2) is 55.5 Å². The Bertz CT molecular complexity index is 1200. The largest absolute Gasteiger partial charge is 0.444 e. The van der Waals surface area contributed by atoms with Gasteiger partial charge in [-0.25, -0.2) is 9.78 Å². The van der Waals surface area contributed by atoms with Gasteiger partial charge in [0, 0.05) is 23.7 Å². The van der Waals surface area contributed by atoms with E-state index in [1.54, 1.807) is 4.90 Å². The van der Waals surface area contributed by atoms with Crippen LogP contribution in [0.2, 0.25) is 0 Å². The van der Waals surface area contributed by atoms with Crippen LogP contribution in [-0.2, 0) is 27.4 Å². The molecule has 10 heteroatoms. The number of carbonyl (C=O) groups is 2. The average Bonchev–Trinajstić information content (AvgIpc) is 3.03. The lowest BCUT2D eigenvalue weighted by atomic mass is 9.97. The molecule has 2 aromatic rings. The van der Waals surface area contributed by atoms with Gasteiger partial charge >= 0.3 is 6.09 Å². The van der Waals surface area contributed by atoms with Crippen molar-refractivity contribution in [3.63, 3.8) is 0 Å². The Kier molecular flexibility index (Phi) is 5.79. The van der Waals surface area contributed by atoms with Crippen LogP contribution in [0.5, 0.6) is 0 Å². The van der Waals surface area contributed by atoms with Crippen LogP contribution in [0.15, 0.2) is 35.1 Å². The van der Waals surface area contributed by atoms with E-state index >= 15 is 0 Å². The number of nitrogens with one attached hydrogen (secondary N) is 1. The number of hydrogen-bond acceptors (Lipinski definition) is 6. The van der Waals surface area contributed by atoms with Gasteiger partial charge in [0.25, 0.3) is 0 Å². The highest BCUT2D eigenvalue weighted by molar-refractivity contribution is 9.10. The molecule has 0 unspecified atom stereocenters. The summed E-state index contributed by atoms with van der Waals surface area (Å²) >= 11 is 3.39. The molecule has 2 aromatic heterocycles. The molecule has 186 valence electrons. The molecule has 4 bridgehead atoms. The van der Waals surface area contributed by atoms with Crippen molar-refractivity contribution in [2.24, 2.45) is 5.41 Å². The van der Waals surface area contributed by atoms with E-state index in [1.165, 1.54) is 0 Å². The van der Waals surface area contributed by atoms with E-state index < -0.39 is 23.3 Å². The third-order valence-corrected chi connectivity index (χ3v) is 7.53. The van der Waals surface area contributed by atoms with Crippen LogP contribution in [0.3, 0.4) is 0 Å². The maximum absolute atomic E-state index is 13.7. The predicted molar refractivity (Wildman–Crippen MR) is 133 cm³/mol. The van der Waals surface area contributed by atoms with E-state index in [1.807, 2.05) is 68.9 Å². The van der Waals surface area contributed by atoms with E-state index in [0.29, 0.717) is 30.0 Å². The molecule has 3 atom stereocenters. The molecule has 1 saturated heterocycles. The maximum Gasteiger partial charge on any atom is 0.411 e. The molecular weight excluding hydrogens is 514 g/mol. The number of ether oxygens (including phenoxy) is 2. The Morgan fingerprint density at radius 1 is 1.31 bits per heavy atom. The standard InChI is InChI=1S/C25H30BrN5O4/c1-23(2,3)35-22(33)31-18-12-25(14-24(25,31)4)15-30-10-9-17(29-30)6-5-11-34-13-16-7-8-19(26)27-20(16)28-21(18)32/h5-10,18H,11-15H2,1-4H3,(H,27,28,32)/b6-5-/t18-,24-,25-/m0/s1. The number of piperidine rings is 1. The van der Waals surface area contributed by atoms with Crippen molar-refractivity contribution in [3.05, 3.63) is 46.3 Å². The van der Waals surface area contributed by atoms with Gasteiger partial charge in [-0.3, -0.25) is 14.4 Å². The number of pyridine rings is 1. The summed E-state index contributed by atoms with van der Waals surface area (Å²) in [7, 11) is 0. The fraction of sp³-hybridized carbons (Fsp3) is 0.520. The number of aromatic nitrogens is 3. The first-order valence-electron chi connectivity index (χ1n) is 11.8. The van der Waals surface area contributed by atoms with E-state index in [-0.39, 0.29) is 17.9 Å². The Morgan fingerprint density at radius 2 is 2.11 bits per heavy atom. The van der Waals surface area contributed by atoms with E-state index in [9.17, 15) is 9.59 Å². The summed E-state index contributed by atoms with van der Waals surface area (Å²) < 4.78 is 14.0. The van der Waals surface area contributed by atoms with Gasteiger partial charge in [0.1, 0.15) is 22.1 Å². The summed E-state index contributed by atoms with van der Waals surface area (Å²) in [5, 5.41) is 7.64. The van der Waals surface area contributed by atoms with E-state index in [0.717, 1.165) is 17.7 Å². The molecule has 3 aliphatic rings. The SMILES string of the molecule is CC(C)(C)OC(=O)N1[C@H]2C[C@@]3(Cn4ccc(n4)/C=C\COCc4ccc(Br)nc4NC2=O)C[C@]13C. The third-order valence-electron chi connectivity index (χ3n) is 7.09. The van der Waals surface area contributed by atoms with Gasteiger partial charge in [-0.05, 0) is 74.7 Å². The van der Waals surface area contributed by atoms with Gasteiger partial charge in [-0.15, -0.1) is 0 Å². The molecule has 5 rings (SSSR count). The molecule has 9 nitrogen and oxygen atoms in total. The van der Waals surface area contributed by atoms with Gasteiger partial charge in [0.2, 0.25) is 5.91 Å². The molecule has 1 spiro atoms. The highest BCUT2D eigenvalue weighted by atomic mass is 79.9. The quantitative estimate of drug-likeness (QED) is 0.495. The predicted octanol–water partition coefficient (Wildman–Crippen LogP) is 4.38. The van der Waals surface area contributed by atoms with Crippen LogP contribution in [0.1, 0.15) is 51.8 Å². The molecule has 2 amide bonds. The lowest BCUT2D eigenvalue weighted by Gasteiger charge is -2.33. The number of anilines is 1. The zero-order valence-corrected chi connectivity index (χ0v) is 22.0. The molecule has 35 heavy (non-hydrogen) atoms. The number of rotatable bonds is 0. The highest BCUT2D eigenvalue weighted by Crippen LogP contribution is 2.69. The minimum atomic E-state index is -0.694. The summed E-state index contributed by atoms with van der Waals surface area (Å²) in [6.45, 7) is 8.81. The lowest BCUT2D eigenvalue weighted by Crippen LogP contribution is -2.51. The molecule has 1 saturated carbocycles. The van der Waals surface area contributed by atoms with Gasteiger partial charge in [0.05, 0.1) is 24.4 Å². The van der Waals surface area contributed by atoms with E-state index in [2.05, 4.69) is 31.3 Å². The smallest absolute Gasteiger partial charge is 0.411 e. The number of amides is 2. The first kappa shape index (κ1) is 24.0. The van der Waals surface area contributed by atoms with Gasteiger partial charge in [-0.2, -0.15) is 5.10 Å². The number of halogens is 1. The number of carbonyl (C=O) groups excluding carboxylic acids is 2. The zero-order chi connectivity index (χ0) is 25.0. The number of hydrogen-bond donors (Lipinski definition) is 1. The molecule has 0 aromatic carbocycles. The van der Waals surface area contributed by atoms with Crippen molar-refractivity contribution in [1.29, 1.82) is 0 Å². The summed E-state index contributed by atoms with van der Waals surface area (Å²) in [4.78, 5) is 33.2. The Balaban J connectivity index is 1.54. The second-order valence-corrected chi connectivity index (χ2v) is 11.6. The number of fused-ring (bicyclic) bond motifs is 4. The van der Waals surface area contributed by atoms with Crippen molar-refractivity contribution in [2.45, 2.75) is 70.9 Å². The Hall–Kier alpha value is -2.72. The lowest BCUT2D eigenvalue weighted by molar-refractivity contribution is -0.121. The Morgan fingerprint density at radius 3 is 2.89 bits per heavy atom. The minimum absolute atomic E-state index is 0.271. The first-order chi connectivity index (χ1) is 16.5. The second-order valence-electron chi connectivity index (χ2n) is 10.8. The Labute approximate surface area is 213 Å². The molecule has 2 aliphatic heterocycles. The zero-order valence-electron chi connectivity index (χ0n) is 20.4. The molecule has 0 radical (unpaired) electrons. The van der Waals surface area contributed by atoms with Crippen molar-refractivity contribution in [3.8, 4) is 0 Å². The summed E-state index contributed by atoms with van der Waals surface area (Å²) in [5.74, 6) is 0.128. The van der Waals surface area contributed by atoms with Crippen LogP contribution in [0.25, 0.3) is 6.08 Å². The van der Waals surface area contributed by atoms with Gasteiger partial charge < -0.3 is 14.8 Å². The van der Waals surface area contributed by atoms with E-state index in [4.69, 9.17) is 9.47 Å². The van der Waals surface area contributed by atoms with Gasteiger partial charge in [0.15, 0.2) is 0 Å². The molecule has 4 heterocycles. The molecule has 1 N–H and O–H groups in total. The van der Waals surface area contributed by atoms with Gasteiger partial charge in [-0.1, -0.05) is 12.1 Å². The molecular formula is C25H30BrN5O4. The van der Waals surface area contributed by atoms with Crippen LogP contribution < -0.4 is 5.32 Å². The highest BCUT2D eigenvalue weighted by Gasteiger charge is 2.76. The van der Waals surface area contributed by atoms with Crippen LogP contribution >= 0.6 is 15.9 Å². The number of nitrogens with zero attached hydrogens (tertiary/aromatic N) is 4. The van der Waals surface area contributed by atoms with Crippen molar-refractivity contribution >= 4 is 39.8 Å².